The Labute approximate surface area is 112 Å². The van der Waals surface area contributed by atoms with E-state index in [1.807, 2.05) is 0 Å². The van der Waals surface area contributed by atoms with Crippen LogP contribution in [0.25, 0.3) is 0 Å². The normalized spacial score (nSPS) is 11.4. The van der Waals surface area contributed by atoms with E-state index >= 15 is 0 Å². The Morgan fingerprint density at radius 3 is 2.30 bits per heavy atom. The summed E-state index contributed by atoms with van der Waals surface area (Å²) in [6.07, 6.45) is -4.57. The van der Waals surface area contributed by atoms with Crippen LogP contribution in [0.2, 0.25) is 0 Å². The monoisotopic (exact) mass is 285 g/mol. The maximum absolute atomic E-state index is 13.7. The highest BCUT2D eigenvalue weighted by molar-refractivity contribution is 5.40. The first-order chi connectivity index (χ1) is 9.41. The number of hydrogen-bond donors (Lipinski definition) is 1. The molecule has 2 aromatic rings. The van der Waals surface area contributed by atoms with Gasteiger partial charge in [0.05, 0.1) is 5.56 Å². The van der Waals surface area contributed by atoms with E-state index in [-0.39, 0.29) is 12.3 Å². The summed E-state index contributed by atoms with van der Waals surface area (Å²) < 4.78 is 57.1. The van der Waals surface area contributed by atoms with Gasteiger partial charge in [0.15, 0.2) is 11.6 Å². The third kappa shape index (κ3) is 3.08. The first-order valence-corrected chi connectivity index (χ1v) is 5.74. The van der Waals surface area contributed by atoms with E-state index in [9.17, 15) is 17.6 Å². The molecule has 2 aromatic carbocycles. The Balaban J connectivity index is 2.36. The second kappa shape index (κ2) is 5.50. The average molecular weight is 285 g/mol. The molecule has 0 radical (unpaired) electrons. The highest BCUT2D eigenvalue weighted by Crippen LogP contribution is 2.38. The number of benzene rings is 2. The summed E-state index contributed by atoms with van der Waals surface area (Å²) >= 11 is 0. The number of halogens is 4. The summed E-state index contributed by atoms with van der Waals surface area (Å²) in [5.41, 5.74) is 4.92. The fraction of sp³-hybridized carbons (Fsp3) is 0.143. The van der Waals surface area contributed by atoms with Crippen LogP contribution < -0.4 is 10.5 Å². The second-order valence-corrected chi connectivity index (χ2v) is 4.06. The Bertz CT molecular complexity index is 610. The summed E-state index contributed by atoms with van der Waals surface area (Å²) in [5, 5.41) is 0. The van der Waals surface area contributed by atoms with Crippen LogP contribution in [-0.4, -0.2) is 0 Å². The van der Waals surface area contributed by atoms with Crippen LogP contribution in [0.4, 0.5) is 17.6 Å². The Kier molecular flexibility index (Phi) is 3.94. The minimum Gasteiger partial charge on any atom is -0.454 e. The van der Waals surface area contributed by atoms with Crippen molar-refractivity contribution in [1.29, 1.82) is 0 Å². The van der Waals surface area contributed by atoms with Crippen LogP contribution in [0, 0.1) is 5.82 Å². The smallest absolute Gasteiger partial charge is 0.419 e. The highest BCUT2D eigenvalue weighted by Gasteiger charge is 2.34. The van der Waals surface area contributed by atoms with Crippen LogP contribution in [0.1, 0.15) is 11.1 Å². The standard InChI is InChI=1S/C14H11F4NO/c15-11-7-9(8-19)5-6-13(11)20-12-4-2-1-3-10(12)14(16,17)18/h1-7H,8,19H2. The third-order valence-electron chi connectivity index (χ3n) is 2.64. The molecule has 0 spiro atoms. The third-order valence-corrected chi connectivity index (χ3v) is 2.64. The molecule has 0 fully saturated rings. The zero-order chi connectivity index (χ0) is 14.8. The minimum absolute atomic E-state index is 0.135. The van der Waals surface area contributed by atoms with Crippen molar-refractivity contribution in [1.82, 2.24) is 0 Å². The van der Waals surface area contributed by atoms with E-state index in [1.165, 1.54) is 24.3 Å². The van der Waals surface area contributed by atoms with E-state index < -0.39 is 23.3 Å². The summed E-state index contributed by atoms with van der Waals surface area (Å²) in [5.74, 6) is -1.48. The lowest BCUT2D eigenvalue weighted by Gasteiger charge is -2.14. The number of nitrogens with two attached hydrogens (primary N) is 1. The lowest BCUT2D eigenvalue weighted by Crippen LogP contribution is -2.07. The van der Waals surface area contributed by atoms with Gasteiger partial charge >= 0.3 is 6.18 Å². The molecule has 106 valence electrons. The molecule has 0 unspecified atom stereocenters. The van der Waals surface area contributed by atoms with Crippen molar-refractivity contribution in [3.63, 3.8) is 0 Å². The predicted molar refractivity (Wildman–Crippen MR) is 65.8 cm³/mol. The van der Waals surface area contributed by atoms with Crippen molar-refractivity contribution >= 4 is 0 Å². The van der Waals surface area contributed by atoms with Gasteiger partial charge in [-0.1, -0.05) is 18.2 Å². The van der Waals surface area contributed by atoms with Crippen molar-refractivity contribution in [2.24, 2.45) is 5.73 Å². The zero-order valence-electron chi connectivity index (χ0n) is 10.2. The molecule has 0 aliphatic rings. The van der Waals surface area contributed by atoms with Crippen molar-refractivity contribution in [3.05, 3.63) is 59.4 Å². The molecule has 0 aliphatic carbocycles. The van der Waals surface area contributed by atoms with Gasteiger partial charge < -0.3 is 10.5 Å². The molecule has 0 atom stereocenters. The van der Waals surface area contributed by atoms with Crippen LogP contribution >= 0.6 is 0 Å². The molecular weight excluding hydrogens is 274 g/mol. The van der Waals surface area contributed by atoms with Crippen LogP contribution in [0.5, 0.6) is 11.5 Å². The Hall–Kier alpha value is -2.08. The van der Waals surface area contributed by atoms with Gasteiger partial charge in [-0.15, -0.1) is 0 Å². The number of para-hydroxylation sites is 1. The lowest BCUT2D eigenvalue weighted by atomic mass is 10.2. The quantitative estimate of drug-likeness (QED) is 0.862. The summed E-state index contributed by atoms with van der Waals surface area (Å²) in [6, 6.07) is 8.52. The average Bonchev–Trinajstić information content (AvgIpc) is 2.40. The molecule has 0 aliphatic heterocycles. The van der Waals surface area contributed by atoms with Crippen molar-refractivity contribution in [2.45, 2.75) is 12.7 Å². The second-order valence-electron chi connectivity index (χ2n) is 4.06. The van der Waals surface area contributed by atoms with Crippen molar-refractivity contribution in [2.75, 3.05) is 0 Å². The summed E-state index contributed by atoms with van der Waals surface area (Å²) in [7, 11) is 0. The van der Waals surface area contributed by atoms with Gasteiger partial charge in [0.2, 0.25) is 0 Å². The van der Waals surface area contributed by atoms with Crippen LogP contribution in [-0.2, 0) is 12.7 Å². The lowest BCUT2D eigenvalue weighted by molar-refractivity contribution is -0.138. The molecule has 0 heterocycles. The summed E-state index contributed by atoms with van der Waals surface area (Å²) in [4.78, 5) is 0. The van der Waals surface area contributed by atoms with E-state index in [0.717, 1.165) is 18.2 Å². The maximum atomic E-state index is 13.7. The zero-order valence-corrected chi connectivity index (χ0v) is 10.2. The van der Waals surface area contributed by atoms with Crippen molar-refractivity contribution in [3.8, 4) is 11.5 Å². The number of hydrogen-bond acceptors (Lipinski definition) is 2. The van der Waals surface area contributed by atoms with Gasteiger partial charge in [0, 0.05) is 6.54 Å². The fourth-order valence-corrected chi connectivity index (χ4v) is 1.66. The van der Waals surface area contributed by atoms with Gasteiger partial charge in [0.1, 0.15) is 5.75 Å². The molecule has 2 rings (SSSR count). The highest BCUT2D eigenvalue weighted by atomic mass is 19.4. The van der Waals surface area contributed by atoms with E-state index in [4.69, 9.17) is 10.5 Å². The largest absolute Gasteiger partial charge is 0.454 e. The fourth-order valence-electron chi connectivity index (χ4n) is 1.66. The molecule has 0 aromatic heterocycles. The number of rotatable bonds is 3. The molecule has 2 N–H and O–H groups in total. The minimum atomic E-state index is -4.57. The molecule has 20 heavy (non-hydrogen) atoms. The molecule has 0 amide bonds. The first-order valence-electron chi connectivity index (χ1n) is 5.74. The Morgan fingerprint density at radius 1 is 1.00 bits per heavy atom. The molecule has 0 saturated carbocycles. The molecule has 0 saturated heterocycles. The van der Waals surface area contributed by atoms with Crippen molar-refractivity contribution < 1.29 is 22.3 Å². The van der Waals surface area contributed by atoms with Crippen LogP contribution in [0.15, 0.2) is 42.5 Å². The number of ether oxygens (including phenoxy) is 1. The van der Waals surface area contributed by atoms with Crippen LogP contribution in [0.3, 0.4) is 0 Å². The molecule has 2 nitrogen and oxygen atoms in total. The molecule has 6 heteroatoms. The Morgan fingerprint density at radius 2 is 1.70 bits per heavy atom. The van der Waals surface area contributed by atoms with Gasteiger partial charge in [0.25, 0.3) is 0 Å². The molecule has 0 bridgehead atoms. The predicted octanol–water partition coefficient (Wildman–Crippen LogP) is 4.10. The van der Waals surface area contributed by atoms with E-state index in [2.05, 4.69) is 0 Å². The maximum Gasteiger partial charge on any atom is 0.419 e. The van der Waals surface area contributed by atoms with E-state index in [0.29, 0.717) is 5.56 Å². The molecular formula is C14H11F4NO. The topological polar surface area (TPSA) is 35.2 Å². The first kappa shape index (κ1) is 14.3. The van der Waals surface area contributed by atoms with Gasteiger partial charge in [-0.2, -0.15) is 13.2 Å². The van der Waals surface area contributed by atoms with Gasteiger partial charge in [-0.05, 0) is 29.8 Å². The van der Waals surface area contributed by atoms with Gasteiger partial charge in [-0.25, -0.2) is 4.39 Å². The van der Waals surface area contributed by atoms with E-state index in [1.54, 1.807) is 0 Å². The van der Waals surface area contributed by atoms with Gasteiger partial charge in [-0.3, -0.25) is 0 Å². The SMILES string of the molecule is NCc1ccc(Oc2ccccc2C(F)(F)F)c(F)c1. The summed E-state index contributed by atoms with van der Waals surface area (Å²) in [6.45, 7) is 0.135. The number of alkyl halides is 3.